The zero-order valence-corrected chi connectivity index (χ0v) is 15.8. The molecule has 1 aliphatic carbocycles. The molecule has 0 spiro atoms. The second-order valence-corrected chi connectivity index (χ2v) is 7.52. The summed E-state index contributed by atoms with van der Waals surface area (Å²) in [6.07, 6.45) is -1.30. The summed E-state index contributed by atoms with van der Waals surface area (Å²) in [6, 6.07) is 5.24. The number of rotatable bonds is 7. The van der Waals surface area contributed by atoms with Crippen molar-refractivity contribution in [2.24, 2.45) is 5.92 Å². The van der Waals surface area contributed by atoms with Crippen LogP contribution in [0.2, 0.25) is 0 Å². The van der Waals surface area contributed by atoms with Crippen molar-refractivity contribution in [3.63, 3.8) is 0 Å². The zero-order chi connectivity index (χ0) is 20.1. The van der Waals surface area contributed by atoms with Crippen LogP contribution in [-0.4, -0.2) is 54.3 Å². The molecular weight excluding hydrogens is 371 g/mol. The predicted octanol–water partition coefficient (Wildman–Crippen LogP) is 2.66. The molecule has 1 heterocycles. The third-order valence-electron chi connectivity index (χ3n) is 5.23. The summed E-state index contributed by atoms with van der Waals surface area (Å²) >= 11 is 0. The van der Waals surface area contributed by atoms with Crippen LogP contribution in [0.4, 0.5) is 13.2 Å². The fourth-order valence-corrected chi connectivity index (χ4v) is 3.31. The van der Waals surface area contributed by atoms with Crippen LogP contribution in [0.5, 0.6) is 0 Å². The van der Waals surface area contributed by atoms with E-state index in [1.807, 2.05) is 4.90 Å². The van der Waals surface area contributed by atoms with E-state index in [2.05, 4.69) is 10.2 Å². The molecule has 1 N–H and O–H groups in total. The van der Waals surface area contributed by atoms with Crippen molar-refractivity contribution in [1.29, 1.82) is 0 Å². The second-order valence-electron chi connectivity index (χ2n) is 7.52. The highest BCUT2D eigenvalue weighted by Crippen LogP contribution is 2.29. The monoisotopic (exact) mass is 397 g/mol. The molecule has 1 saturated heterocycles. The predicted molar refractivity (Wildman–Crippen MR) is 98.3 cm³/mol. The fraction of sp³-hybridized carbons (Fsp3) is 0.600. The van der Waals surface area contributed by atoms with E-state index in [0.29, 0.717) is 52.1 Å². The van der Waals surface area contributed by atoms with Crippen LogP contribution in [0.25, 0.3) is 0 Å². The largest absolute Gasteiger partial charge is 0.416 e. The number of nitrogens with one attached hydrogen (secondary N) is 1. The van der Waals surface area contributed by atoms with Crippen LogP contribution in [0.3, 0.4) is 0 Å². The first-order chi connectivity index (χ1) is 13.3. The molecule has 28 heavy (non-hydrogen) atoms. The molecule has 2 fully saturated rings. The van der Waals surface area contributed by atoms with Crippen molar-refractivity contribution in [2.75, 3.05) is 32.7 Å². The average Bonchev–Trinajstić information content (AvgIpc) is 3.50. The van der Waals surface area contributed by atoms with Crippen LogP contribution >= 0.6 is 0 Å². The molecule has 3 rings (SSSR count). The molecule has 0 radical (unpaired) electrons. The van der Waals surface area contributed by atoms with Crippen LogP contribution < -0.4 is 5.32 Å². The van der Waals surface area contributed by atoms with Gasteiger partial charge in [-0.3, -0.25) is 14.5 Å². The van der Waals surface area contributed by atoms with Gasteiger partial charge in [0.05, 0.1) is 5.56 Å². The lowest BCUT2D eigenvalue weighted by Crippen LogP contribution is -2.48. The van der Waals surface area contributed by atoms with Gasteiger partial charge >= 0.3 is 6.18 Å². The minimum Gasteiger partial charge on any atom is -0.356 e. The summed E-state index contributed by atoms with van der Waals surface area (Å²) in [5.74, 6) is 0.382. The van der Waals surface area contributed by atoms with E-state index in [4.69, 9.17) is 0 Å². The Kier molecular flexibility index (Phi) is 6.59. The van der Waals surface area contributed by atoms with Gasteiger partial charge in [-0.1, -0.05) is 12.1 Å². The quantitative estimate of drug-likeness (QED) is 0.720. The minimum atomic E-state index is -4.31. The van der Waals surface area contributed by atoms with Crippen molar-refractivity contribution >= 4 is 11.8 Å². The number of hydrogen-bond acceptors (Lipinski definition) is 3. The molecule has 1 aromatic rings. The number of hydrogen-bond donors (Lipinski definition) is 1. The second kappa shape index (κ2) is 8.94. The van der Waals surface area contributed by atoms with E-state index in [9.17, 15) is 22.8 Å². The van der Waals surface area contributed by atoms with Crippen LogP contribution in [0.15, 0.2) is 24.3 Å². The highest BCUT2D eigenvalue weighted by Gasteiger charge is 2.30. The summed E-state index contributed by atoms with van der Waals surface area (Å²) in [7, 11) is 0. The molecule has 0 unspecified atom stereocenters. The van der Waals surface area contributed by atoms with Crippen molar-refractivity contribution in [3.05, 3.63) is 35.4 Å². The molecule has 154 valence electrons. The molecule has 1 aliphatic heterocycles. The lowest BCUT2D eigenvalue weighted by Gasteiger charge is -2.35. The normalized spacial score (nSPS) is 18.2. The molecule has 1 saturated carbocycles. The Morgan fingerprint density at radius 3 is 2.25 bits per heavy atom. The molecule has 2 aliphatic rings. The summed E-state index contributed by atoms with van der Waals surface area (Å²) in [4.78, 5) is 27.8. The van der Waals surface area contributed by atoms with E-state index in [0.717, 1.165) is 30.5 Å². The minimum absolute atomic E-state index is 0.0925. The molecule has 8 heteroatoms. The highest BCUT2D eigenvalue weighted by molar-refractivity contribution is 5.81. The van der Waals surface area contributed by atoms with Gasteiger partial charge in [-0.15, -0.1) is 0 Å². The first-order valence-electron chi connectivity index (χ1n) is 9.77. The summed E-state index contributed by atoms with van der Waals surface area (Å²) in [5, 5.41) is 2.86. The number of amides is 2. The Labute approximate surface area is 162 Å². The summed E-state index contributed by atoms with van der Waals surface area (Å²) in [5.41, 5.74) is 0.194. The number of halogens is 3. The molecule has 1 aromatic carbocycles. The third kappa shape index (κ3) is 5.95. The lowest BCUT2D eigenvalue weighted by molar-refractivity contribution is -0.137. The van der Waals surface area contributed by atoms with E-state index < -0.39 is 11.7 Å². The highest BCUT2D eigenvalue weighted by atomic mass is 19.4. The van der Waals surface area contributed by atoms with E-state index in [-0.39, 0.29) is 17.7 Å². The molecule has 0 atom stereocenters. The van der Waals surface area contributed by atoms with E-state index >= 15 is 0 Å². The van der Waals surface area contributed by atoms with Gasteiger partial charge in [0, 0.05) is 51.6 Å². The molecule has 0 aromatic heterocycles. The molecule has 2 amide bonds. The van der Waals surface area contributed by atoms with Crippen molar-refractivity contribution in [3.8, 4) is 0 Å². The molecule has 5 nitrogen and oxygen atoms in total. The molecule has 0 bridgehead atoms. The summed E-state index contributed by atoms with van der Waals surface area (Å²) < 4.78 is 37.9. The maximum atomic E-state index is 12.6. The number of carbonyl (C=O) groups excluding carboxylic acids is 2. The summed E-state index contributed by atoms with van der Waals surface area (Å²) in [6.45, 7) is 3.75. The Morgan fingerprint density at radius 2 is 1.68 bits per heavy atom. The lowest BCUT2D eigenvalue weighted by atomic mass is 10.1. The van der Waals surface area contributed by atoms with Gasteiger partial charge in [0.2, 0.25) is 11.8 Å². The van der Waals surface area contributed by atoms with Gasteiger partial charge < -0.3 is 10.2 Å². The average molecular weight is 397 g/mol. The first kappa shape index (κ1) is 20.6. The SMILES string of the molecule is O=C(NCCCC(=O)N1CCN(Cc2ccc(C(F)(F)F)cc2)CC1)C1CC1. The maximum absolute atomic E-state index is 12.6. The number of alkyl halides is 3. The standard InChI is InChI=1S/C20H26F3N3O2/c21-20(22,23)17-7-3-15(4-8-17)14-25-10-12-26(13-11-25)18(27)2-1-9-24-19(28)16-5-6-16/h3-4,7-8,16H,1-2,5-6,9-14H2,(H,24,28). The van der Waals surface area contributed by atoms with Gasteiger partial charge in [0.15, 0.2) is 0 Å². The maximum Gasteiger partial charge on any atom is 0.416 e. The van der Waals surface area contributed by atoms with Gasteiger partial charge in [0.25, 0.3) is 0 Å². The van der Waals surface area contributed by atoms with Gasteiger partial charge in [0.1, 0.15) is 0 Å². The smallest absolute Gasteiger partial charge is 0.356 e. The van der Waals surface area contributed by atoms with E-state index in [1.54, 1.807) is 0 Å². The molecular formula is C20H26F3N3O2. The van der Waals surface area contributed by atoms with Crippen molar-refractivity contribution < 1.29 is 22.8 Å². The fourth-order valence-electron chi connectivity index (χ4n) is 3.31. The zero-order valence-electron chi connectivity index (χ0n) is 15.8. The first-order valence-corrected chi connectivity index (χ1v) is 9.77. The van der Waals surface area contributed by atoms with Gasteiger partial charge in [-0.05, 0) is 37.0 Å². The van der Waals surface area contributed by atoms with Gasteiger partial charge in [-0.25, -0.2) is 0 Å². The number of nitrogens with zero attached hydrogens (tertiary/aromatic N) is 2. The number of benzene rings is 1. The Hall–Kier alpha value is -2.09. The van der Waals surface area contributed by atoms with E-state index in [1.165, 1.54) is 12.1 Å². The van der Waals surface area contributed by atoms with Crippen LogP contribution in [0.1, 0.15) is 36.8 Å². The number of piperazine rings is 1. The number of carbonyl (C=O) groups is 2. The Morgan fingerprint density at radius 1 is 1.04 bits per heavy atom. The topological polar surface area (TPSA) is 52.7 Å². The van der Waals surface area contributed by atoms with Crippen molar-refractivity contribution in [1.82, 2.24) is 15.1 Å². The Bertz CT molecular complexity index is 679. The van der Waals surface area contributed by atoms with Crippen molar-refractivity contribution in [2.45, 2.75) is 38.4 Å². The van der Waals surface area contributed by atoms with Crippen LogP contribution in [-0.2, 0) is 22.3 Å². The van der Waals surface area contributed by atoms with Gasteiger partial charge in [-0.2, -0.15) is 13.2 Å². The van der Waals surface area contributed by atoms with Crippen LogP contribution in [0, 0.1) is 5.92 Å². The Balaban J connectivity index is 1.34. The third-order valence-corrected chi connectivity index (χ3v) is 5.23.